The van der Waals surface area contributed by atoms with Gasteiger partial charge in [-0.15, -0.1) is 0 Å². The van der Waals surface area contributed by atoms with Crippen LogP contribution in [-0.4, -0.2) is 18.0 Å². The van der Waals surface area contributed by atoms with Gasteiger partial charge in [-0.2, -0.15) is 0 Å². The molecule has 0 saturated carbocycles. The van der Waals surface area contributed by atoms with Crippen LogP contribution in [0.5, 0.6) is 0 Å². The summed E-state index contributed by atoms with van der Waals surface area (Å²) < 4.78 is 37.1. The third kappa shape index (κ3) is 2.59. The first kappa shape index (κ1) is 12.7. The molecule has 0 bridgehead atoms. The Kier molecular flexibility index (Phi) is 3.57. The molecule has 0 aliphatic carbocycles. The van der Waals surface area contributed by atoms with E-state index in [0.29, 0.717) is 17.0 Å². The molecule has 74 valence electrons. The largest absolute Gasteiger partial charge is 1.00 e. The van der Waals surface area contributed by atoms with Gasteiger partial charge in [0.25, 0.3) is 0 Å². The number of oxazole rings is 1. The van der Waals surface area contributed by atoms with Crippen molar-refractivity contribution in [2.24, 2.45) is 0 Å². The van der Waals surface area contributed by atoms with Crippen LogP contribution < -0.4 is 29.6 Å². The minimum Gasteiger partial charge on any atom is -0.744 e. The van der Waals surface area contributed by atoms with Crippen LogP contribution >= 0.6 is 0 Å². The number of hydrogen-bond acceptors (Lipinski definition) is 5. The van der Waals surface area contributed by atoms with E-state index in [1.165, 1.54) is 18.2 Å². The summed E-state index contributed by atoms with van der Waals surface area (Å²) in [5.41, 5.74) is 0.842. The van der Waals surface area contributed by atoms with Crippen molar-refractivity contribution in [2.75, 3.05) is 0 Å². The van der Waals surface area contributed by atoms with E-state index >= 15 is 0 Å². The van der Waals surface area contributed by atoms with E-state index in [4.69, 9.17) is 4.42 Å². The minimum absolute atomic E-state index is 0. The monoisotopic (exact) mass is 235 g/mol. The van der Waals surface area contributed by atoms with E-state index in [1.807, 2.05) is 0 Å². The van der Waals surface area contributed by atoms with Crippen molar-refractivity contribution in [3.05, 3.63) is 24.1 Å². The van der Waals surface area contributed by atoms with Gasteiger partial charge in [0.05, 0.1) is 4.90 Å². The molecule has 0 N–H and O–H groups in total. The van der Waals surface area contributed by atoms with E-state index in [0.717, 1.165) is 0 Å². The zero-order valence-corrected chi connectivity index (χ0v) is 11.0. The number of fused-ring (bicyclic) bond motifs is 1. The molecule has 7 heteroatoms. The topological polar surface area (TPSA) is 83.2 Å². The van der Waals surface area contributed by atoms with E-state index in [-0.39, 0.29) is 34.5 Å². The third-order valence-corrected chi connectivity index (χ3v) is 2.59. The van der Waals surface area contributed by atoms with Crippen molar-refractivity contribution in [3.63, 3.8) is 0 Å². The Bertz CT molecular complexity index is 590. The molecule has 1 heterocycles. The molecule has 0 aliphatic heterocycles. The molecular weight excluding hydrogens is 229 g/mol. The molecule has 0 aliphatic rings. The first-order valence-electron chi connectivity index (χ1n) is 3.80. The van der Waals surface area contributed by atoms with Gasteiger partial charge in [0.15, 0.2) is 11.5 Å². The van der Waals surface area contributed by atoms with Gasteiger partial charge in [-0.1, -0.05) is 0 Å². The maximum Gasteiger partial charge on any atom is 1.00 e. The van der Waals surface area contributed by atoms with E-state index in [1.54, 1.807) is 6.92 Å². The molecule has 0 atom stereocenters. The molecule has 2 rings (SSSR count). The van der Waals surface area contributed by atoms with Gasteiger partial charge in [-0.25, -0.2) is 13.4 Å². The summed E-state index contributed by atoms with van der Waals surface area (Å²) in [7, 11) is -4.42. The van der Waals surface area contributed by atoms with E-state index in [2.05, 4.69) is 4.98 Å². The van der Waals surface area contributed by atoms with Crippen molar-refractivity contribution in [1.29, 1.82) is 0 Å². The van der Waals surface area contributed by atoms with Gasteiger partial charge in [0, 0.05) is 13.0 Å². The van der Waals surface area contributed by atoms with E-state index < -0.39 is 10.1 Å². The van der Waals surface area contributed by atoms with Crippen LogP contribution in [0.25, 0.3) is 11.1 Å². The Morgan fingerprint density at radius 1 is 1.40 bits per heavy atom. The average molecular weight is 235 g/mol. The van der Waals surface area contributed by atoms with Gasteiger partial charge in [-0.3, -0.25) is 0 Å². The Morgan fingerprint density at radius 3 is 2.67 bits per heavy atom. The molecule has 0 amide bonds. The number of nitrogens with zero attached hydrogens (tertiary/aromatic N) is 1. The van der Waals surface area contributed by atoms with Crippen LogP contribution in [0.1, 0.15) is 5.89 Å². The number of aryl methyl sites for hydroxylation is 1. The smallest absolute Gasteiger partial charge is 0.744 e. The predicted octanol–water partition coefficient (Wildman–Crippen LogP) is -1.96. The van der Waals surface area contributed by atoms with Crippen molar-refractivity contribution >= 4 is 21.2 Å². The molecule has 0 fully saturated rings. The summed E-state index contributed by atoms with van der Waals surface area (Å²) >= 11 is 0. The Morgan fingerprint density at radius 2 is 2.07 bits per heavy atom. The zero-order valence-electron chi connectivity index (χ0n) is 8.22. The Hall–Kier alpha value is -0.400. The first-order chi connectivity index (χ1) is 6.47. The number of hydrogen-bond donors (Lipinski definition) is 0. The fourth-order valence-corrected chi connectivity index (χ4v) is 1.66. The SMILES string of the molecule is Cc1nc2ccc(S(=O)(=O)[O-])cc2o1.[Na+]. The van der Waals surface area contributed by atoms with Crippen molar-refractivity contribution in [1.82, 2.24) is 4.98 Å². The van der Waals surface area contributed by atoms with Crippen LogP contribution in [0.15, 0.2) is 27.5 Å². The van der Waals surface area contributed by atoms with Gasteiger partial charge in [0.2, 0.25) is 0 Å². The maximum atomic E-state index is 10.7. The predicted molar refractivity (Wildman–Crippen MR) is 46.7 cm³/mol. The number of aromatic nitrogens is 1. The van der Waals surface area contributed by atoms with Crippen LogP contribution in [0.2, 0.25) is 0 Å². The molecule has 5 nitrogen and oxygen atoms in total. The van der Waals surface area contributed by atoms with Crippen LogP contribution in [0.3, 0.4) is 0 Å². The van der Waals surface area contributed by atoms with Gasteiger partial charge in [-0.05, 0) is 12.1 Å². The average Bonchev–Trinajstić information content (AvgIpc) is 2.41. The van der Waals surface area contributed by atoms with Crippen LogP contribution in [0, 0.1) is 6.92 Å². The second-order valence-corrected chi connectivity index (χ2v) is 4.20. The zero-order chi connectivity index (χ0) is 10.3. The Labute approximate surface area is 109 Å². The molecule has 0 spiro atoms. The quantitative estimate of drug-likeness (QED) is 0.423. The Balaban J connectivity index is 0.00000112. The van der Waals surface area contributed by atoms with Crippen molar-refractivity contribution in [2.45, 2.75) is 11.8 Å². The maximum absolute atomic E-state index is 10.7. The summed E-state index contributed by atoms with van der Waals surface area (Å²) in [4.78, 5) is 3.67. The van der Waals surface area contributed by atoms with Crippen molar-refractivity contribution in [3.8, 4) is 0 Å². The summed E-state index contributed by atoms with van der Waals surface area (Å²) in [5.74, 6) is 0.431. The number of rotatable bonds is 1. The number of benzene rings is 1. The molecule has 0 radical (unpaired) electrons. The summed E-state index contributed by atoms with van der Waals surface area (Å²) in [6.07, 6.45) is 0. The van der Waals surface area contributed by atoms with Crippen LogP contribution in [-0.2, 0) is 10.1 Å². The second kappa shape index (κ2) is 4.23. The van der Waals surface area contributed by atoms with E-state index in [9.17, 15) is 13.0 Å². The fraction of sp³-hybridized carbons (Fsp3) is 0.125. The third-order valence-electron chi connectivity index (χ3n) is 1.76. The first-order valence-corrected chi connectivity index (χ1v) is 5.21. The normalized spacial score (nSPS) is 11.3. The molecule has 0 unspecified atom stereocenters. The van der Waals surface area contributed by atoms with Crippen LogP contribution in [0.4, 0.5) is 0 Å². The van der Waals surface area contributed by atoms with Gasteiger partial charge >= 0.3 is 29.6 Å². The molecular formula is C8H6NNaO4S. The molecule has 1 aromatic heterocycles. The standard InChI is InChI=1S/C8H7NO4S.Na/c1-5-9-7-3-2-6(14(10,11)12)4-8(7)13-5;/h2-4H,1H3,(H,10,11,12);/q;+1/p-1. The minimum atomic E-state index is -4.42. The second-order valence-electron chi connectivity index (χ2n) is 2.82. The molecule has 2 aromatic rings. The summed E-state index contributed by atoms with van der Waals surface area (Å²) in [5, 5.41) is 0. The fourth-order valence-electron chi connectivity index (χ4n) is 1.18. The van der Waals surface area contributed by atoms with Gasteiger partial charge < -0.3 is 8.97 Å². The summed E-state index contributed by atoms with van der Waals surface area (Å²) in [6.45, 7) is 1.64. The molecule has 1 aromatic carbocycles. The van der Waals surface area contributed by atoms with Crippen molar-refractivity contribution < 1.29 is 46.9 Å². The molecule has 0 saturated heterocycles. The summed E-state index contributed by atoms with van der Waals surface area (Å²) in [6, 6.07) is 3.83. The molecule has 15 heavy (non-hydrogen) atoms. The van der Waals surface area contributed by atoms with Gasteiger partial charge in [0.1, 0.15) is 15.6 Å².